The maximum absolute atomic E-state index is 8.19. The second-order valence-electron chi connectivity index (χ2n) is 2.72. The van der Waals surface area contributed by atoms with Crippen LogP contribution in [0.1, 0.15) is 39.0 Å². The molecule has 0 aliphatic rings. The van der Waals surface area contributed by atoms with E-state index in [2.05, 4.69) is 19.1 Å². The van der Waals surface area contributed by atoms with Crippen molar-refractivity contribution in [2.45, 2.75) is 39.0 Å². The van der Waals surface area contributed by atoms with Gasteiger partial charge in [0, 0.05) is 6.08 Å². The highest BCUT2D eigenvalue weighted by Gasteiger charge is 1.79. The van der Waals surface area contributed by atoms with Crippen LogP contribution in [-0.4, -0.2) is 0 Å². The molecule has 0 aromatic heterocycles. The van der Waals surface area contributed by atoms with E-state index in [1.54, 1.807) is 6.08 Å². The van der Waals surface area contributed by atoms with Crippen LogP contribution in [-0.2, 0) is 0 Å². The molecule has 0 bridgehead atoms. The third kappa shape index (κ3) is 8.97. The van der Waals surface area contributed by atoms with Crippen molar-refractivity contribution in [3.05, 3.63) is 24.3 Å². The van der Waals surface area contributed by atoms with E-state index in [0.717, 1.165) is 19.3 Å². The average molecular weight is 163 g/mol. The molecule has 1 heteroatoms. The first kappa shape index (κ1) is 11.0. The SMILES string of the molecule is CCC/C=C/CCC/C=C/C#N. The summed E-state index contributed by atoms with van der Waals surface area (Å²) < 4.78 is 0. The molecular formula is C11H17N. The molecule has 0 amide bonds. The molecule has 0 atom stereocenters. The van der Waals surface area contributed by atoms with Gasteiger partial charge in [0.25, 0.3) is 0 Å². The van der Waals surface area contributed by atoms with Gasteiger partial charge in [-0.1, -0.05) is 31.6 Å². The van der Waals surface area contributed by atoms with E-state index in [4.69, 9.17) is 5.26 Å². The van der Waals surface area contributed by atoms with Crippen LogP contribution < -0.4 is 0 Å². The van der Waals surface area contributed by atoms with Gasteiger partial charge in [0.2, 0.25) is 0 Å². The molecule has 0 saturated carbocycles. The highest BCUT2D eigenvalue weighted by atomic mass is 14.2. The maximum atomic E-state index is 8.19. The zero-order valence-electron chi connectivity index (χ0n) is 7.79. The van der Waals surface area contributed by atoms with E-state index in [0.29, 0.717) is 0 Å². The van der Waals surface area contributed by atoms with Crippen LogP contribution in [0.5, 0.6) is 0 Å². The Kier molecular flexibility index (Phi) is 9.11. The van der Waals surface area contributed by atoms with E-state index >= 15 is 0 Å². The summed E-state index contributed by atoms with van der Waals surface area (Å²) in [5.41, 5.74) is 0. The monoisotopic (exact) mass is 163 g/mol. The minimum atomic E-state index is 1.02. The van der Waals surface area contributed by atoms with E-state index < -0.39 is 0 Å². The van der Waals surface area contributed by atoms with Gasteiger partial charge in [0.05, 0.1) is 6.07 Å². The predicted octanol–water partition coefficient (Wildman–Crippen LogP) is 3.59. The van der Waals surface area contributed by atoms with Crippen molar-refractivity contribution >= 4 is 0 Å². The molecule has 0 saturated heterocycles. The molecule has 0 heterocycles. The third-order valence-corrected chi connectivity index (χ3v) is 1.56. The first-order valence-electron chi connectivity index (χ1n) is 4.61. The fourth-order valence-electron chi connectivity index (χ4n) is 0.892. The smallest absolute Gasteiger partial charge is 0.0908 e. The van der Waals surface area contributed by atoms with Crippen molar-refractivity contribution < 1.29 is 0 Å². The molecule has 12 heavy (non-hydrogen) atoms. The molecule has 0 N–H and O–H groups in total. The molecule has 0 rings (SSSR count). The Balaban J connectivity index is 3.11. The number of hydrogen-bond acceptors (Lipinski definition) is 1. The van der Waals surface area contributed by atoms with Crippen molar-refractivity contribution in [1.82, 2.24) is 0 Å². The molecule has 0 aliphatic heterocycles. The molecule has 0 unspecified atom stereocenters. The largest absolute Gasteiger partial charge is 0.193 e. The number of nitrogens with zero attached hydrogens (tertiary/aromatic N) is 1. The summed E-state index contributed by atoms with van der Waals surface area (Å²) in [4.78, 5) is 0. The Morgan fingerprint density at radius 2 is 1.75 bits per heavy atom. The fourth-order valence-corrected chi connectivity index (χ4v) is 0.892. The number of rotatable bonds is 6. The Hall–Kier alpha value is -1.03. The minimum Gasteiger partial charge on any atom is -0.193 e. The van der Waals surface area contributed by atoms with Crippen molar-refractivity contribution in [2.75, 3.05) is 0 Å². The van der Waals surface area contributed by atoms with Gasteiger partial charge in [0.1, 0.15) is 0 Å². The van der Waals surface area contributed by atoms with Crippen molar-refractivity contribution in [2.24, 2.45) is 0 Å². The van der Waals surface area contributed by atoms with Crippen LogP contribution in [0.4, 0.5) is 0 Å². The predicted molar refractivity (Wildman–Crippen MR) is 52.7 cm³/mol. The summed E-state index contributed by atoms with van der Waals surface area (Å²) in [6.07, 6.45) is 13.7. The quantitative estimate of drug-likeness (QED) is 0.333. The maximum Gasteiger partial charge on any atom is 0.0908 e. The third-order valence-electron chi connectivity index (χ3n) is 1.56. The van der Waals surface area contributed by atoms with Crippen LogP contribution >= 0.6 is 0 Å². The van der Waals surface area contributed by atoms with Crippen molar-refractivity contribution in [3.63, 3.8) is 0 Å². The summed E-state index contributed by atoms with van der Waals surface area (Å²) in [5, 5.41) is 8.19. The molecule has 0 aromatic carbocycles. The average Bonchev–Trinajstić information content (AvgIpc) is 2.10. The lowest BCUT2D eigenvalue weighted by Crippen LogP contribution is -1.69. The lowest BCUT2D eigenvalue weighted by Gasteiger charge is -1.88. The fraction of sp³-hybridized carbons (Fsp3) is 0.545. The zero-order chi connectivity index (χ0) is 9.07. The first-order chi connectivity index (χ1) is 5.91. The van der Waals surface area contributed by atoms with Crippen LogP contribution in [0.2, 0.25) is 0 Å². The lowest BCUT2D eigenvalue weighted by molar-refractivity contribution is 0.859. The molecule has 1 nitrogen and oxygen atoms in total. The summed E-state index contributed by atoms with van der Waals surface area (Å²) in [7, 11) is 0. The number of nitriles is 1. The van der Waals surface area contributed by atoms with Gasteiger partial charge in [-0.15, -0.1) is 0 Å². The standard InChI is InChI=1S/C11H17N/c1-2-3-4-5-6-7-8-9-10-11-12/h4-5,9-10H,2-3,6-8H2,1H3/b5-4+,10-9+. The molecule has 0 radical (unpaired) electrons. The van der Waals surface area contributed by atoms with Gasteiger partial charge in [-0.05, 0) is 25.7 Å². The summed E-state index contributed by atoms with van der Waals surface area (Å²) >= 11 is 0. The second kappa shape index (κ2) is 9.97. The van der Waals surface area contributed by atoms with E-state index in [1.165, 1.54) is 12.8 Å². The molecule has 0 aliphatic carbocycles. The van der Waals surface area contributed by atoms with E-state index in [1.807, 2.05) is 12.1 Å². The normalized spacial score (nSPS) is 11.0. The Labute approximate surface area is 75.4 Å². The van der Waals surface area contributed by atoms with Gasteiger partial charge in [-0.25, -0.2) is 0 Å². The molecule has 66 valence electrons. The topological polar surface area (TPSA) is 23.8 Å². The summed E-state index contributed by atoms with van der Waals surface area (Å²) in [6, 6.07) is 1.98. The van der Waals surface area contributed by atoms with Gasteiger partial charge in [-0.3, -0.25) is 0 Å². The summed E-state index contributed by atoms with van der Waals surface area (Å²) in [5.74, 6) is 0. The molecule has 0 spiro atoms. The number of hydrogen-bond donors (Lipinski definition) is 0. The Bertz CT molecular complexity index is 172. The minimum absolute atomic E-state index is 1.02. The highest BCUT2D eigenvalue weighted by molar-refractivity contribution is 5.01. The van der Waals surface area contributed by atoms with Crippen LogP contribution in [0.3, 0.4) is 0 Å². The zero-order valence-corrected chi connectivity index (χ0v) is 7.79. The van der Waals surface area contributed by atoms with E-state index in [-0.39, 0.29) is 0 Å². The Morgan fingerprint density at radius 1 is 1.08 bits per heavy atom. The van der Waals surface area contributed by atoms with Gasteiger partial charge in [0.15, 0.2) is 0 Å². The lowest BCUT2D eigenvalue weighted by atomic mass is 10.2. The van der Waals surface area contributed by atoms with Crippen LogP contribution in [0.25, 0.3) is 0 Å². The van der Waals surface area contributed by atoms with Gasteiger partial charge in [-0.2, -0.15) is 5.26 Å². The number of allylic oxidation sites excluding steroid dienone is 4. The second-order valence-corrected chi connectivity index (χ2v) is 2.72. The van der Waals surface area contributed by atoms with Crippen molar-refractivity contribution in [1.29, 1.82) is 5.26 Å². The first-order valence-corrected chi connectivity index (χ1v) is 4.61. The van der Waals surface area contributed by atoms with Gasteiger partial charge >= 0.3 is 0 Å². The highest BCUT2D eigenvalue weighted by Crippen LogP contribution is 1.99. The van der Waals surface area contributed by atoms with E-state index in [9.17, 15) is 0 Å². The molecule has 0 aromatic rings. The van der Waals surface area contributed by atoms with Crippen molar-refractivity contribution in [3.8, 4) is 6.07 Å². The Morgan fingerprint density at radius 3 is 2.42 bits per heavy atom. The molecular weight excluding hydrogens is 146 g/mol. The molecule has 0 fully saturated rings. The van der Waals surface area contributed by atoms with Crippen LogP contribution in [0.15, 0.2) is 24.3 Å². The van der Waals surface area contributed by atoms with Crippen LogP contribution in [0, 0.1) is 11.3 Å². The number of unbranched alkanes of at least 4 members (excludes halogenated alkanes) is 3. The summed E-state index contributed by atoms with van der Waals surface area (Å²) in [6.45, 7) is 2.18. The van der Waals surface area contributed by atoms with Gasteiger partial charge < -0.3 is 0 Å².